The van der Waals surface area contributed by atoms with Gasteiger partial charge in [0.15, 0.2) is 0 Å². The molecule has 1 amide bonds. The van der Waals surface area contributed by atoms with Gasteiger partial charge in [0.25, 0.3) is 0 Å². The molecule has 1 rings (SSSR count). The van der Waals surface area contributed by atoms with E-state index in [0.717, 1.165) is 0 Å². The van der Waals surface area contributed by atoms with Crippen molar-refractivity contribution in [3.05, 3.63) is 35.9 Å². The molecule has 0 aromatic heterocycles. The third kappa shape index (κ3) is 4.19. The summed E-state index contributed by atoms with van der Waals surface area (Å²) in [7, 11) is 0. The Morgan fingerprint density at radius 3 is 2.10 bits per heavy atom. The van der Waals surface area contributed by atoms with E-state index in [1.54, 1.807) is 31.2 Å². The number of amides is 1. The van der Waals surface area contributed by atoms with Crippen molar-refractivity contribution >= 4 is 17.7 Å². The molecule has 0 aliphatic carbocycles. The fourth-order valence-corrected chi connectivity index (χ4v) is 2.07. The fraction of sp³-hybridized carbons (Fsp3) is 0.400. The van der Waals surface area contributed by atoms with E-state index < -0.39 is 18.1 Å². The van der Waals surface area contributed by atoms with Gasteiger partial charge in [0.1, 0.15) is 17.5 Å². The summed E-state index contributed by atoms with van der Waals surface area (Å²) >= 11 is 0. The van der Waals surface area contributed by atoms with Gasteiger partial charge in [-0.25, -0.2) is 4.79 Å². The minimum atomic E-state index is -0.915. The molecule has 0 radical (unpaired) electrons. The molecular weight excluding hydrogens is 258 g/mol. The van der Waals surface area contributed by atoms with Crippen LogP contribution in [-0.2, 0) is 14.3 Å². The topological polar surface area (TPSA) is 72.5 Å². The molecule has 5 heteroatoms. The first-order valence-corrected chi connectivity index (χ1v) is 6.46. The van der Waals surface area contributed by atoms with Gasteiger partial charge in [0.05, 0.1) is 12.6 Å². The molecule has 0 aliphatic rings. The number of alkyl carbamates (subject to hydrolysis) is 1. The summed E-state index contributed by atoms with van der Waals surface area (Å²) in [6.07, 6.45) is -0.645. The second-order valence-corrected chi connectivity index (χ2v) is 4.45. The van der Waals surface area contributed by atoms with Crippen LogP contribution in [0.1, 0.15) is 32.4 Å². The van der Waals surface area contributed by atoms with E-state index in [2.05, 4.69) is 5.32 Å². The van der Waals surface area contributed by atoms with Crippen molar-refractivity contribution in [1.29, 1.82) is 0 Å². The van der Waals surface area contributed by atoms with Crippen LogP contribution in [0.15, 0.2) is 30.3 Å². The number of ketones is 2. The maximum Gasteiger partial charge on any atom is 0.407 e. The van der Waals surface area contributed by atoms with Gasteiger partial charge in [-0.1, -0.05) is 30.3 Å². The van der Waals surface area contributed by atoms with E-state index in [1.807, 2.05) is 6.07 Å². The number of Topliss-reactive ketones (excluding diaryl/α,β-unsaturated/α-hetero) is 2. The Kier molecular flexibility index (Phi) is 5.90. The van der Waals surface area contributed by atoms with Gasteiger partial charge in [-0.3, -0.25) is 9.59 Å². The number of carbonyl (C=O) groups is 3. The maximum atomic E-state index is 11.7. The summed E-state index contributed by atoms with van der Waals surface area (Å²) in [5, 5.41) is 2.59. The van der Waals surface area contributed by atoms with Crippen LogP contribution >= 0.6 is 0 Å². The first kappa shape index (κ1) is 15.9. The highest BCUT2D eigenvalue weighted by molar-refractivity contribution is 6.01. The highest BCUT2D eigenvalue weighted by Gasteiger charge is 2.32. The van der Waals surface area contributed by atoms with Crippen LogP contribution in [0.25, 0.3) is 0 Å². The normalized spacial score (nSPS) is 11.8. The van der Waals surface area contributed by atoms with Crippen molar-refractivity contribution < 1.29 is 19.1 Å². The number of hydrogen-bond acceptors (Lipinski definition) is 4. The Balaban J connectivity index is 3.09. The van der Waals surface area contributed by atoms with Crippen LogP contribution in [0.3, 0.4) is 0 Å². The lowest BCUT2D eigenvalue weighted by atomic mass is 9.87. The average molecular weight is 277 g/mol. The Morgan fingerprint density at radius 1 is 1.10 bits per heavy atom. The maximum absolute atomic E-state index is 11.7. The third-order valence-corrected chi connectivity index (χ3v) is 2.92. The lowest BCUT2D eigenvalue weighted by Gasteiger charge is -2.24. The summed E-state index contributed by atoms with van der Waals surface area (Å²) in [6, 6.07) is 8.19. The van der Waals surface area contributed by atoms with E-state index in [-0.39, 0.29) is 18.2 Å². The molecule has 1 aromatic rings. The monoisotopic (exact) mass is 277 g/mol. The molecule has 20 heavy (non-hydrogen) atoms. The lowest BCUT2D eigenvalue weighted by Crippen LogP contribution is -2.39. The van der Waals surface area contributed by atoms with E-state index >= 15 is 0 Å². The predicted molar refractivity (Wildman–Crippen MR) is 74.2 cm³/mol. The van der Waals surface area contributed by atoms with Crippen LogP contribution < -0.4 is 5.32 Å². The zero-order valence-electron chi connectivity index (χ0n) is 11.9. The van der Waals surface area contributed by atoms with Crippen LogP contribution in [0.2, 0.25) is 0 Å². The van der Waals surface area contributed by atoms with E-state index in [4.69, 9.17) is 4.74 Å². The second-order valence-electron chi connectivity index (χ2n) is 4.45. The van der Waals surface area contributed by atoms with Gasteiger partial charge >= 0.3 is 6.09 Å². The molecule has 0 saturated heterocycles. The molecule has 0 spiro atoms. The Labute approximate surface area is 118 Å². The fourth-order valence-electron chi connectivity index (χ4n) is 2.07. The number of carbonyl (C=O) groups excluding carboxylic acids is 3. The highest BCUT2D eigenvalue weighted by atomic mass is 16.5. The van der Waals surface area contributed by atoms with Crippen LogP contribution in [0, 0.1) is 5.92 Å². The van der Waals surface area contributed by atoms with Gasteiger partial charge < -0.3 is 10.1 Å². The van der Waals surface area contributed by atoms with Crippen LogP contribution in [-0.4, -0.2) is 24.3 Å². The van der Waals surface area contributed by atoms with Crippen LogP contribution in [0.4, 0.5) is 4.79 Å². The Morgan fingerprint density at radius 2 is 1.65 bits per heavy atom. The van der Waals surface area contributed by atoms with Gasteiger partial charge in [0.2, 0.25) is 0 Å². The quantitative estimate of drug-likeness (QED) is 0.810. The van der Waals surface area contributed by atoms with Crippen molar-refractivity contribution in [2.75, 3.05) is 6.61 Å². The zero-order valence-corrected chi connectivity index (χ0v) is 11.9. The molecule has 0 unspecified atom stereocenters. The number of hydrogen-bond donors (Lipinski definition) is 1. The smallest absolute Gasteiger partial charge is 0.407 e. The lowest BCUT2D eigenvalue weighted by molar-refractivity contribution is -0.131. The number of ether oxygens (including phenoxy) is 1. The highest BCUT2D eigenvalue weighted by Crippen LogP contribution is 2.24. The minimum Gasteiger partial charge on any atom is -0.450 e. The number of nitrogens with one attached hydrogen (secondary N) is 1. The second kappa shape index (κ2) is 7.43. The Hall–Kier alpha value is -2.17. The first-order valence-electron chi connectivity index (χ1n) is 6.46. The molecule has 1 aromatic carbocycles. The Bertz CT molecular complexity index is 470. The summed E-state index contributed by atoms with van der Waals surface area (Å²) in [5.41, 5.74) is 0.691. The molecule has 0 aliphatic heterocycles. The van der Waals surface area contributed by atoms with Crippen molar-refractivity contribution in [2.45, 2.75) is 26.8 Å². The van der Waals surface area contributed by atoms with Crippen molar-refractivity contribution in [3.63, 3.8) is 0 Å². The molecule has 0 fully saturated rings. The van der Waals surface area contributed by atoms with Crippen molar-refractivity contribution in [2.24, 2.45) is 5.92 Å². The number of benzene rings is 1. The molecule has 0 heterocycles. The van der Waals surface area contributed by atoms with Crippen molar-refractivity contribution in [1.82, 2.24) is 5.32 Å². The number of rotatable bonds is 6. The summed E-state index contributed by atoms with van der Waals surface area (Å²) < 4.78 is 4.83. The van der Waals surface area contributed by atoms with Gasteiger partial charge in [-0.15, -0.1) is 0 Å². The zero-order chi connectivity index (χ0) is 15.1. The first-order chi connectivity index (χ1) is 9.47. The average Bonchev–Trinajstić information content (AvgIpc) is 2.38. The largest absolute Gasteiger partial charge is 0.450 e. The van der Waals surface area contributed by atoms with E-state index in [1.165, 1.54) is 13.8 Å². The third-order valence-electron chi connectivity index (χ3n) is 2.92. The molecule has 0 bridgehead atoms. The SMILES string of the molecule is CCOC(=O)N[C@H](c1ccccc1)C(C(C)=O)C(C)=O. The van der Waals surface area contributed by atoms with Gasteiger partial charge in [-0.2, -0.15) is 0 Å². The molecule has 108 valence electrons. The summed E-state index contributed by atoms with van der Waals surface area (Å²) in [6.45, 7) is 4.59. The molecule has 1 N–H and O–H groups in total. The summed E-state index contributed by atoms with van der Waals surface area (Å²) in [4.78, 5) is 35.1. The minimum absolute atomic E-state index is 0.220. The summed E-state index contributed by atoms with van der Waals surface area (Å²) in [5.74, 6) is -1.49. The predicted octanol–water partition coefficient (Wildman–Crippen LogP) is 2.27. The molecule has 0 saturated carbocycles. The van der Waals surface area contributed by atoms with Crippen LogP contribution in [0.5, 0.6) is 0 Å². The molecular formula is C15H19NO4. The molecule has 1 atom stereocenters. The van der Waals surface area contributed by atoms with Crippen molar-refractivity contribution in [3.8, 4) is 0 Å². The molecule has 5 nitrogen and oxygen atoms in total. The van der Waals surface area contributed by atoms with Gasteiger partial charge in [-0.05, 0) is 26.3 Å². The van der Waals surface area contributed by atoms with E-state index in [0.29, 0.717) is 5.56 Å². The van der Waals surface area contributed by atoms with Gasteiger partial charge in [0, 0.05) is 0 Å². The van der Waals surface area contributed by atoms with E-state index in [9.17, 15) is 14.4 Å². The standard InChI is InChI=1S/C15H19NO4/c1-4-20-15(19)16-14(12-8-6-5-7-9-12)13(10(2)17)11(3)18/h5-9,13-14H,4H2,1-3H3,(H,16,19)/t14-/m1/s1.